The Kier molecular flexibility index (Phi) is 8.89. The minimum atomic E-state index is -0.649. The molecule has 36 heavy (non-hydrogen) atoms. The van der Waals surface area contributed by atoms with Crippen molar-refractivity contribution in [2.24, 2.45) is 10.8 Å². The van der Waals surface area contributed by atoms with E-state index in [1.165, 1.54) is 6.08 Å². The van der Waals surface area contributed by atoms with Crippen LogP contribution in [0.3, 0.4) is 0 Å². The van der Waals surface area contributed by atoms with Crippen molar-refractivity contribution in [2.75, 3.05) is 0 Å². The Balaban J connectivity index is 2.33. The highest BCUT2D eigenvalue weighted by Crippen LogP contribution is 2.37. The van der Waals surface area contributed by atoms with Crippen LogP contribution in [0, 0.1) is 24.7 Å². The van der Waals surface area contributed by atoms with E-state index >= 15 is 0 Å². The molecular formula is C30H38O6. The maximum absolute atomic E-state index is 12.8. The number of benzene rings is 2. The molecule has 6 nitrogen and oxygen atoms in total. The Labute approximate surface area is 214 Å². The zero-order chi connectivity index (χ0) is 27.4. The summed E-state index contributed by atoms with van der Waals surface area (Å²) in [5.41, 5.74) is 1.35. The van der Waals surface area contributed by atoms with E-state index in [9.17, 15) is 14.4 Å². The van der Waals surface area contributed by atoms with Crippen LogP contribution in [-0.4, -0.2) is 23.8 Å². The van der Waals surface area contributed by atoms with Gasteiger partial charge in [-0.2, -0.15) is 0 Å². The van der Waals surface area contributed by atoms with E-state index in [-0.39, 0.29) is 23.8 Å². The Morgan fingerprint density at radius 2 is 1.33 bits per heavy atom. The van der Waals surface area contributed by atoms with E-state index in [4.69, 9.17) is 14.2 Å². The van der Waals surface area contributed by atoms with Gasteiger partial charge in [-0.25, -0.2) is 0 Å². The molecule has 2 aromatic carbocycles. The number of allylic oxidation sites excluding steroid dienone is 1. The quantitative estimate of drug-likeness (QED) is 0.180. The van der Waals surface area contributed by atoms with Gasteiger partial charge in [0.2, 0.25) is 0 Å². The van der Waals surface area contributed by atoms with Gasteiger partial charge in [0.25, 0.3) is 0 Å². The number of rotatable bonds is 7. The van der Waals surface area contributed by atoms with E-state index in [0.29, 0.717) is 33.9 Å². The third-order valence-electron chi connectivity index (χ3n) is 5.21. The first-order valence-corrected chi connectivity index (χ1v) is 12.1. The molecule has 0 heterocycles. The van der Waals surface area contributed by atoms with Crippen molar-refractivity contribution in [1.82, 2.24) is 0 Å². The van der Waals surface area contributed by atoms with Crippen molar-refractivity contribution in [3.63, 3.8) is 0 Å². The SMILES string of the molecule is Cc1cc(/C=C/C(=O)c2ccc(OC(=O)C(C)(C)C)cc2)c(OC(C)C)c(C)c1OC(=O)C(C)(C)C. The van der Waals surface area contributed by atoms with Crippen LogP contribution in [0.15, 0.2) is 36.4 Å². The fourth-order valence-corrected chi connectivity index (χ4v) is 3.11. The molecule has 0 unspecified atom stereocenters. The van der Waals surface area contributed by atoms with Gasteiger partial charge in [0.15, 0.2) is 5.78 Å². The van der Waals surface area contributed by atoms with Crippen molar-refractivity contribution in [1.29, 1.82) is 0 Å². The molecule has 0 aliphatic carbocycles. The fourth-order valence-electron chi connectivity index (χ4n) is 3.11. The number of ether oxygens (including phenoxy) is 3. The molecule has 6 heteroatoms. The lowest BCUT2D eigenvalue weighted by atomic mass is 9.97. The molecular weight excluding hydrogens is 456 g/mol. The predicted octanol–water partition coefficient (Wildman–Crippen LogP) is 6.89. The van der Waals surface area contributed by atoms with Crippen LogP contribution >= 0.6 is 0 Å². The average molecular weight is 495 g/mol. The largest absolute Gasteiger partial charge is 0.490 e. The normalized spacial score (nSPS) is 12.1. The van der Waals surface area contributed by atoms with E-state index in [1.54, 1.807) is 71.9 Å². The first-order valence-electron chi connectivity index (χ1n) is 12.1. The Bertz CT molecular complexity index is 1160. The van der Waals surface area contributed by atoms with Gasteiger partial charge in [-0.1, -0.05) is 0 Å². The molecule has 0 amide bonds. The van der Waals surface area contributed by atoms with Crippen LogP contribution in [0.2, 0.25) is 0 Å². The highest BCUT2D eigenvalue weighted by molar-refractivity contribution is 6.07. The summed E-state index contributed by atoms with van der Waals surface area (Å²) in [6.07, 6.45) is 3.05. The molecule has 0 radical (unpaired) electrons. The first-order chi connectivity index (χ1) is 16.5. The minimum Gasteiger partial charge on any atom is -0.490 e. The maximum Gasteiger partial charge on any atom is 0.316 e. The Hall–Kier alpha value is -3.41. The molecule has 194 valence electrons. The van der Waals surface area contributed by atoms with Crippen molar-refractivity contribution in [3.05, 3.63) is 58.7 Å². The molecule has 0 spiro atoms. The van der Waals surface area contributed by atoms with Gasteiger partial charge in [-0.3, -0.25) is 14.4 Å². The number of aryl methyl sites for hydroxylation is 1. The first kappa shape index (κ1) is 28.8. The van der Waals surface area contributed by atoms with Crippen LogP contribution in [-0.2, 0) is 9.59 Å². The monoisotopic (exact) mass is 494 g/mol. The lowest BCUT2D eigenvalue weighted by molar-refractivity contribution is -0.143. The average Bonchev–Trinajstić information content (AvgIpc) is 2.76. The Morgan fingerprint density at radius 1 is 0.806 bits per heavy atom. The topological polar surface area (TPSA) is 78.9 Å². The van der Waals surface area contributed by atoms with Gasteiger partial charge in [0.1, 0.15) is 17.2 Å². The smallest absolute Gasteiger partial charge is 0.316 e. The van der Waals surface area contributed by atoms with Crippen LogP contribution in [0.1, 0.15) is 82.4 Å². The molecule has 0 aromatic heterocycles. The summed E-state index contributed by atoms with van der Waals surface area (Å²) in [5.74, 6) is 0.517. The van der Waals surface area contributed by atoms with Gasteiger partial charge in [0, 0.05) is 16.7 Å². The third kappa shape index (κ3) is 7.54. The van der Waals surface area contributed by atoms with Crippen LogP contribution < -0.4 is 14.2 Å². The Morgan fingerprint density at radius 3 is 1.83 bits per heavy atom. The highest BCUT2D eigenvalue weighted by atomic mass is 16.5. The van der Waals surface area contributed by atoms with E-state index in [0.717, 1.165) is 5.56 Å². The van der Waals surface area contributed by atoms with Gasteiger partial charge in [-0.05, 0) is 117 Å². The van der Waals surface area contributed by atoms with Crippen LogP contribution in [0.5, 0.6) is 17.2 Å². The standard InChI is InChI=1S/C30H38O6/c1-18(2)34-26-20(4)25(36-28(33)30(8,9)10)19(3)17-22(26)13-16-24(31)21-11-14-23(15-12-21)35-27(32)29(5,6)7/h11-18H,1-10H3/b16-13+. The van der Waals surface area contributed by atoms with Crippen molar-refractivity contribution in [2.45, 2.75) is 75.3 Å². The highest BCUT2D eigenvalue weighted by Gasteiger charge is 2.27. The zero-order valence-electron chi connectivity index (χ0n) is 23.1. The summed E-state index contributed by atoms with van der Waals surface area (Å²) in [6.45, 7) is 18.3. The van der Waals surface area contributed by atoms with Gasteiger partial charge in [0.05, 0.1) is 16.9 Å². The lowest BCUT2D eigenvalue weighted by Gasteiger charge is -2.22. The second-order valence-corrected chi connectivity index (χ2v) is 11.2. The number of hydrogen-bond donors (Lipinski definition) is 0. The summed E-state index contributed by atoms with van der Waals surface area (Å²) >= 11 is 0. The van der Waals surface area contributed by atoms with E-state index < -0.39 is 10.8 Å². The maximum atomic E-state index is 12.8. The summed E-state index contributed by atoms with van der Waals surface area (Å²) in [5, 5.41) is 0. The second-order valence-electron chi connectivity index (χ2n) is 11.2. The predicted molar refractivity (Wildman–Crippen MR) is 142 cm³/mol. The molecule has 0 aliphatic rings. The van der Waals surface area contributed by atoms with Crippen LogP contribution in [0.25, 0.3) is 6.08 Å². The van der Waals surface area contributed by atoms with Crippen molar-refractivity contribution in [3.8, 4) is 17.2 Å². The van der Waals surface area contributed by atoms with Crippen molar-refractivity contribution >= 4 is 23.8 Å². The summed E-state index contributed by atoms with van der Waals surface area (Å²) in [4.78, 5) is 37.4. The molecule has 0 bridgehead atoms. The van der Waals surface area contributed by atoms with Gasteiger partial charge in [-0.15, -0.1) is 0 Å². The van der Waals surface area contributed by atoms with E-state index in [2.05, 4.69) is 0 Å². The van der Waals surface area contributed by atoms with Gasteiger partial charge < -0.3 is 14.2 Å². The molecule has 2 aromatic rings. The number of esters is 2. The fraction of sp³-hybridized carbons (Fsp3) is 0.433. The summed E-state index contributed by atoms with van der Waals surface area (Å²) in [7, 11) is 0. The second kappa shape index (κ2) is 11.1. The molecule has 0 aliphatic heterocycles. The summed E-state index contributed by atoms with van der Waals surface area (Å²) in [6, 6.07) is 8.29. The zero-order valence-corrected chi connectivity index (χ0v) is 23.1. The number of hydrogen-bond acceptors (Lipinski definition) is 6. The molecule has 0 saturated heterocycles. The van der Waals surface area contributed by atoms with E-state index in [1.807, 2.05) is 33.8 Å². The number of ketones is 1. The minimum absolute atomic E-state index is 0.122. The molecule has 2 rings (SSSR count). The molecule has 0 N–H and O–H groups in total. The number of carbonyl (C=O) groups is 3. The van der Waals surface area contributed by atoms with Crippen molar-refractivity contribution < 1.29 is 28.6 Å². The molecule has 0 fully saturated rings. The lowest BCUT2D eigenvalue weighted by Crippen LogP contribution is -2.26. The third-order valence-corrected chi connectivity index (χ3v) is 5.21. The molecule has 0 atom stereocenters. The summed E-state index contributed by atoms with van der Waals surface area (Å²) < 4.78 is 17.1. The van der Waals surface area contributed by atoms with Gasteiger partial charge >= 0.3 is 11.9 Å². The molecule has 0 saturated carbocycles. The number of carbonyl (C=O) groups excluding carboxylic acids is 3. The van der Waals surface area contributed by atoms with Crippen LogP contribution in [0.4, 0.5) is 0 Å².